The van der Waals surface area contributed by atoms with Crippen LogP contribution in [0.4, 0.5) is 4.39 Å². The minimum Gasteiger partial charge on any atom is -0.493 e. The standard InChI is InChI=1S/C23H27FN2O4/c24-19-7-4-10-21(16-19)30-15-12-25-23(28)18-6-5-13-26(17-18)22(27)11-14-29-20-8-2-1-3-9-20/h1-4,7-10,16,18H,5-6,11-15,17H2,(H,25,28). The molecule has 0 saturated carbocycles. The minimum absolute atomic E-state index is 0.00197. The second kappa shape index (κ2) is 11.2. The highest BCUT2D eigenvalue weighted by molar-refractivity contribution is 5.81. The van der Waals surface area contributed by atoms with E-state index >= 15 is 0 Å². The number of benzene rings is 2. The molecule has 160 valence electrons. The number of nitrogens with one attached hydrogen (secondary N) is 1. The number of piperidine rings is 1. The second-order valence-corrected chi connectivity index (χ2v) is 7.19. The fourth-order valence-corrected chi connectivity index (χ4v) is 3.39. The number of rotatable bonds is 9. The van der Waals surface area contributed by atoms with Gasteiger partial charge in [-0.05, 0) is 37.1 Å². The summed E-state index contributed by atoms with van der Waals surface area (Å²) in [7, 11) is 0. The maximum absolute atomic E-state index is 13.1. The van der Waals surface area contributed by atoms with Crippen molar-refractivity contribution in [3.8, 4) is 11.5 Å². The SMILES string of the molecule is O=C(NCCOc1cccc(F)c1)C1CCCN(C(=O)CCOc2ccccc2)C1. The van der Waals surface area contributed by atoms with Crippen molar-refractivity contribution in [2.75, 3.05) is 32.8 Å². The third-order valence-corrected chi connectivity index (χ3v) is 4.94. The number of ether oxygens (including phenoxy) is 2. The Morgan fingerprint density at radius 1 is 1.03 bits per heavy atom. The predicted octanol–water partition coefficient (Wildman–Crippen LogP) is 3.03. The summed E-state index contributed by atoms with van der Waals surface area (Å²) in [5, 5.41) is 2.84. The Morgan fingerprint density at radius 2 is 1.80 bits per heavy atom. The van der Waals surface area contributed by atoms with E-state index in [9.17, 15) is 14.0 Å². The van der Waals surface area contributed by atoms with Gasteiger partial charge in [0.05, 0.1) is 25.5 Å². The molecule has 6 nitrogen and oxygen atoms in total. The molecule has 3 rings (SSSR count). The number of halogens is 1. The molecule has 1 N–H and O–H groups in total. The lowest BCUT2D eigenvalue weighted by atomic mass is 9.97. The van der Waals surface area contributed by atoms with E-state index in [0.717, 1.165) is 18.6 Å². The molecule has 0 spiro atoms. The van der Waals surface area contributed by atoms with Crippen molar-refractivity contribution < 1.29 is 23.5 Å². The molecule has 0 radical (unpaired) electrons. The Labute approximate surface area is 176 Å². The summed E-state index contributed by atoms with van der Waals surface area (Å²) >= 11 is 0. The van der Waals surface area contributed by atoms with Crippen molar-refractivity contribution in [3.63, 3.8) is 0 Å². The van der Waals surface area contributed by atoms with Crippen LogP contribution in [0.1, 0.15) is 19.3 Å². The topological polar surface area (TPSA) is 67.9 Å². The van der Waals surface area contributed by atoms with E-state index in [-0.39, 0.29) is 36.6 Å². The molecule has 1 aliphatic rings. The first-order valence-corrected chi connectivity index (χ1v) is 10.2. The summed E-state index contributed by atoms with van der Waals surface area (Å²) < 4.78 is 24.1. The Balaban J connectivity index is 1.35. The fraction of sp³-hybridized carbons (Fsp3) is 0.391. The number of nitrogens with zero attached hydrogens (tertiary/aromatic N) is 1. The van der Waals surface area contributed by atoms with E-state index in [1.54, 1.807) is 17.0 Å². The van der Waals surface area contributed by atoms with Gasteiger partial charge in [0.15, 0.2) is 0 Å². The monoisotopic (exact) mass is 414 g/mol. The van der Waals surface area contributed by atoms with Crippen LogP contribution in [0.3, 0.4) is 0 Å². The van der Waals surface area contributed by atoms with Crippen LogP contribution in [-0.2, 0) is 9.59 Å². The van der Waals surface area contributed by atoms with Gasteiger partial charge in [0, 0.05) is 19.2 Å². The molecule has 0 aliphatic carbocycles. The molecule has 1 heterocycles. The smallest absolute Gasteiger partial charge is 0.226 e. The molecule has 0 aromatic heterocycles. The fourth-order valence-electron chi connectivity index (χ4n) is 3.39. The van der Waals surface area contributed by atoms with Crippen LogP contribution in [0.25, 0.3) is 0 Å². The summed E-state index contributed by atoms with van der Waals surface area (Å²) in [4.78, 5) is 26.6. The summed E-state index contributed by atoms with van der Waals surface area (Å²) in [5.74, 6) is 0.483. The number of amides is 2. The zero-order valence-electron chi connectivity index (χ0n) is 16.9. The maximum Gasteiger partial charge on any atom is 0.226 e. The Bertz CT molecular complexity index is 831. The average Bonchev–Trinajstić information content (AvgIpc) is 2.77. The summed E-state index contributed by atoms with van der Waals surface area (Å²) in [6.07, 6.45) is 1.83. The Hall–Kier alpha value is -3.09. The first kappa shape index (κ1) is 21.6. The highest BCUT2D eigenvalue weighted by atomic mass is 19.1. The number of carbonyl (C=O) groups is 2. The van der Waals surface area contributed by atoms with E-state index in [1.165, 1.54) is 12.1 Å². The van der Waals surface area contributed by atoms with Gasteiger partial charge in [0.1, 0.15) is 23.9 Å². The van der Waals surface area contributed by atoms with Gasteiger partial charge < -0.3 is 19.7 Å². The molecular formula is C23H27FN2O4. The molecule has 0 bridgehead atoms. The zero-order valence-corrected chi connectivity index (χ0v) is 16.9. The van der Waals surface area contributed by atoms with E-state index in [4.69, 9.17) is 9.47 Å². The summed E-state index contributed by atoms with van der Waals surface area (Å²) in [6, 6.07) is 15.3. The quantitative estimate of drug-likeness (QED) is 0.641. The molecular weight excluding hydrogens is 387 g/mol. The van der Waals surface area contributed by atoms with Gasteiger partial charge in [-0.1, -0.05) is 24.3 Å². The van der Waals surface area contributed by atoms with Gasteiger partial charge in [0.25, 0.3) is 0 Å². The van der Waals surface area contributed by atoms with Gasteiger partial charge in [-0.2, -0.15) is 0 Å². The molecule has 1 atom stereocenters. The van der Waals surface area contributed by atoms with Gasteiger partial charge >= 0.3 is 0 Å². The van der Waals surface area contributed by atoms with Crippen LogP contribution < -0.4 is 14.8 Å². The van der Waals surface area contributed by atoms with Crippen LogP contribution in [0, 0.1) is 11.7 Å². The molecule has 7 heteroatoms. The third-order valence-electron chi connectivity index (χ3n) is 4.94. The molecule has 1 saturated heterocycles. The number of para-hydroxylation sites is 1. The molecule has 30 heavy (non-hydrogen) atoms. The minimum atomic E-state index is -0.363. The van der Waals surface area contributed by atoms with Crippen LogP contribution >= 0.6 is 0 Å². The third kappa shape index (κ3) is 6.76. The van der Waals surface area contributed by atoms with Crippen LogP contribution in [0.2, 0.25) is 0 Å². The molecule has 1 fully saturated rings. The van der Waals surface area contributed by atoms with Gasteiger partial charge in [-0.3, -0.25) is 9.59 Å². The summed E-state index contributed by atoms with van der Waals surface area (Å²) in [5.41, 5.74) is 0. The first-order valence-electron chi connectivity index (χ1n) is 10.2. The second-order valence-electron chi connectivity index (χ2n) is 7.19. The Morgan fingerprint density at radius 3 is 2.60 bits per heavy atom. The molecule has 2 aromatic rings. The predicted molar refractivity (Wildman–Crippen MR) is 111 cm³/mol. The van der Waals surface area contributed by atoms with Gasteiger partial charge in [-0.15, -0.1) is 0 Å². The van der Waals surface area contributed by atoms with Crippen LogP contribution in [0.5, 0.6) is 11.5 Å². The lowest BCUT2D eigenvalue weighted by Gasteiger charge is -2.32. The number of hydrogen-bond donors (Lipinski definition) is 1. The lowest BCUT2D eigenvalue weighted by Crippen LogP contribution is -2.46. The molecule has 1 aliphatic heterocycles. The largest absolute Gasteiger partial charge is 0.493 e. The van der Waals surface area contributed by atoms with Crippen molar-refractivity contribution >= 4 is 11.8 Å². The van der Waals surface area contributed by atoms with Gasteiger partial charge in [-0.25, -0.2) is 4.39 Å². The van der Waals surface area contributed by atoms with E-state index in [2.05, 4.69) is 5.32 Å². The summed E-state index contributed by atoms with van der Waals surface area (Å²) in [6.45, 7) is 1.97. The van der Waals surface area contributed by atoms with E-state index < -0.39 is 0 Å². The van der Waals surface area contributed by atoms with E-state index in [1.807, 2.05) is 30.3 Å². The number of likely N-dealkylation sites (tertiary alicyclic amines) is 1. The average molecular weight is 414 g/mol. The van der Waals surface area contributed by atoms with Crippen molar-refractivity contribution in [1.29, 1.82) is 0 Å². The van der Waals surface area contributed by atoms with Crippen molar-refractivity contribution in [2.45, 2.75) is 19.3 Å². The normalized spacial score (nSPS) is 16.0. The molecule has 2 aromatic carbocycles. The first-order chi connectivity index (χ1) is 14.6. The van der Waals surface area contributed by atoms with Crippen LogP contribution in [0.15, 0.2) is 54.6 Å². The van der Waals surface area contributed by atoms with Crippen molar-refractivity contribution in [1.82, 2.24) is 10.2 Å². The van der Waals surface area contributed by atoms with Crippen LogP contribution in [-0.4, -0.2) is 49.6 Å². The lowest BCUT2D eigenvalue weighted by molar-refractivity contribution is -0.136. The molecule has 2 amide bonds. The van der Waals surface area contributed by atoms with Crippen molar-refractivity contribution in [3.05, 3.63) is 60.4 Å². The number of carbonyl (C=O) groups excluding carboxylic acids is 2. The highest BCUT2D eigenvalue weighted by Crippen LogP contribution is 2.18. The highest BCUT2D eigenvalue weighted by Gasteiger charge is 2.28. The Kier molecular flexibility index (Phi) is 8.06. The zero-order chi connectivity index (χ0) is 21.2. The maximum atomic E-state index is 13.1. The van der Waals surface area contributed by atoms with E-state index in [0.29, 0.717) is 32.0 Å². The number of hydrogen-bond acceptors (Lipinski definition) is 4. The molecule has 1 unspecified atom stereocenters. The van der Waals surface area contributed by atoms with Gasteiger partial charge in [0.2, 0.25) is 11.8 Å². The van der Waals surface area contributed by atoms with Crippen molar-refractivity contribution in [2.24, 2.45) is 5.92 Å².